The van der Waals surface area contributed by atoms with Crippen molar-refractivity contribution in [1.82, 2.24) is 0 Å². The fourth-order valence-electron chi connectivity index (χ4n) is 0.990. The van der Waals surface area contributed by atoms with Gasteiger partial charge in [-0.1, -0.05) is 0 Å². The van der Waals surface area contributed by atoms with Crippen molar-refractivity contribution in [1.29, 1.82) is 0 Å². The van der Waals surface area contributed by atoms with Gasteiger partial charge in [-0.05, 0) is 0 Å². The number of rotatable bonds is 1. The van der Waals surface area contributed by atoms with Gasteiger partial charge in [0.05, 0.1) is 0 Å². The third-order valence-corrected chi connectivity index (χ3v) is 3.70. The monoisotopic (exact) mass is 292 g/mol. The quantitative estimate of drug-likeness (QED) is 0.424. The first-order valence-corrected chi connectivity index (χ1v) is 10.8. The molecule has 0 bridgehead atoms. The van der Waals surface area contributed by atoms with E-state index in [-0.39, 0.29) is 0 Å². The first kappa shape index (κ1) is 13.1. The zero-order chi connectivity index (χ0) is 11.9. The van der Waals surface area contributed by atoms with Crippen molar-refractivity contribution in [3.8, 4) is 22.2 Å². The number of hydrogen-bond acceptors (Lipinski definition) is 0. The molecule has 0 nitrogen and oxygen atoms in total. The molecule has 1 aromatic carbocycles. The van der Waals surface area contributed by atoms with Crippen LogP contribution >= 0.6 is 0 Å². The molecule has 0 fully saturated rings. The van der Waals surface area contributed by atoms with E-state index in [1.54, 1.807) is 0 Å². The van der Waals surface area contributed by atoms with Gasteiger partial charge in [-0.25, -0.2) is 0 Å². The van der Waals surface area contributed by atoms with Gasteiger partial charge in [0.25, 0.3) is 0 Å². The minimum absolute atomic E-state index is 0.336. The molecule has 0 aliphatic heterocycles. The van der Waals surface area contributed by atoms with Gasteiger partial charge in [0, 0.05) is 0 Å². The minimum atomic E-state index is -1.18. The van der Waals surface area contributed by atoms with Crippen molar-refractivity contribution in [2.24, 2.45) is 0 Å². The zero-order valence-corrected chi connectivity index (χ0v) is 12.7. The van der Waals surface area contributed by atoms with Gasteiger partial charge in [0.1, 0.15) is 0 Å². The summed E-state index contributed by atoms with van der Waals surface area (Å²) in [6.07, 6.45) is 0. The second-order valence-corrected chi connectivity index (χ2v) is 10.8. The molecule has 1 aromatic rings. The van der Waals surface area contributed by atoms with Crippen molar-refractivity contribution in [3.05, 3.63) is 35.9 Å². The van der Waals surface area contributed by atoms with E-state index < -0.39 is 8.07 Å². The van der Waals surface area contributed by atoms with Crippen LogP contribution in [0, 0.1) is 22.2 Å². The summed E-state index contributed by atoms with van der Waals surface area (Å²) in [4.78, 5) is 3.21. The van der Waals surface area contributed by atoms with Crippen molar-refractivity contribution in [3.63, 3.8) is 0 Å². The van der Waals surface area contributed by atoms with Crippen LogP contribution in [-0.4, -0.2) is 23.0 Å². The Labute approximate surface area is 106 Å². The maximum absolute atomic E-state index is 3.36. The van der Waals surface area contributed by atoms with Crippen molar-refractivity contribution < 1.29 is 0 Å². The first-order chi connectivity index (χ1) is 7.58. The van der Waals surface area contributed by atoms with E-state index >= 15 is 0 Å². The van der Waals surface area contributed by atoms with E-state index in [9.17, 15) is 0 Å². The van der Waals surface area contributed by atoms with Gasteiger partial charge >= 0.3 is 106 Å². The van der Waals surface area contributed by atoms with Crippen LogP contribution in [-0.2, 0) is 0 Å². The van der Waals surface area contributed by atoms with Gasteiger partial charge in [-0.2, -0.15) is 0 Å². The summed E-state index contributed by atoms with van der Waals surface area (Å²) in [5, 5.41) is 0.955. The third kappa shape index (κ3) is 6.54. The summed E-state index contributed by atoms with van der Waals surface area (Å²) in [6.45, 7) is 6.80. The molecule has 0 N–H and O–H groups in total. The summed E-state index contributed by atoms with van der Waals surface area (Å²) in [7, 11) is -1.18. The average Bonchev–Trinajstić information content (AvgIpc) is 2.23. The van der Waals surface area contributed by atoms with E-state index in [2.05, 4.69) is 41.8 Å². The summed E-state index contributed by atoms with van der Waals surface area (Å²) >= 11 is 0.336. The molecular weight excluding hydrogens is 275 g/mol. The Kier molecular flexibility index (Phi) is 5.43. The summed E-state index contributed by atoms with van der Waals surface area (Å²) in [5.74, 6) is 6.41. The van der Waals surface area contributed by atoms with E-state index in [0.717, 1.165) is 10.9 Å². The summed E-state index contributed by atoms with van der Waals surface area (Å²) in [6, 6.07) is 10.1. The molecule has 0 aliphatic rings. The second kappa shape index (κ2) is 6.61. The molecule has 1 rings (SSSR count). The standard InChI is InChI=1S/C14H16SeSi/c1-16(2,3)13-7-11-15-12-10-14-8-5-4-6-9-14/h4-6,8-9H,11H2,1-3H3. The average molecular weight is 291 g/mol. The number of benzene rings is 1. The Morgan fingerprint density at radius 2 is 1.81 bits per heavy atom. The van der Waals surface area contributed by atoms with Crippen molar-refractivity contribution >= 4 is 23.0 Å². The van der Waals surface area contributed by atoms with E-state index in [0.29, 0.717) is 15.0 Å². The molecule has 82 valence electrons. The van der Waals surface area contributed by atoms with Gasteiger partial charge in [-0.3, -0.25) is 0 Å². The van der Waals surface area contributed by atoms with Crippen molar-refractivity contribution in [2.75, 3.05) is 0 Å². The van der Waals surface area contributed by atoms with Crippen LogP contribution in [0.4, 0.5) is 0 Å². The predicted octanol–water partition coefficient (Wildman–Crippen LogP) is 3.00. The molecule has 0 spiro atoms. The van der Waals surface area contributed by atoms with Crippen LogP contribution < -0.4 is 0 Å². The molecule has 0 aromatic heterocycles. The topological polar surface area (TPSA) is 0 Å². The Morgan fingerprint density at radius 3 is 2.44 bits per heavy atom. The van der Waals surface area contributed by atoms with Crippen LogP contribution in [0.2, 0.25) is 25.0 Å². The van der Waals surface area contributed by atoms with Crippen LogP contribution in [0.3, 0.4) is 0 Å². The number of hydrogen-bond donors (Lipinski definition) is 0. The van der Waals surface area contributed by atoms with Gasteiger partial charge in [0.2, 0.25) is 0 Å². The molecule has 0 saturated carbocycles. The summed E-state index contributed by atoms with van der Waals surface area (Å²) in [5.41, 5.74) is 4.46. The van der Waals surface area contributed by atoms with E-state index in [1.165, 1.54) is 0 Å². The maximum atomic E-state index is 3.36. The first-order valence-electron chi connectivity index (χ1n) is 5.26. The molecule has 0 unspecified atom stereocenters. The molecule has 0 amide bonds. The Bertz CT molecular complexity index is 435. The van der Waals surface area contributed by atoms with E-state index in [1.807, 2.05) is 30.3 Å². The van der Waals surface area contributed by atoms with Crippen molar-refractivity contribution in [2.45, 2.75) is 25.0 Å². The molecule has 2 heteroatoms. The SMILES string of the molecule is C[Si](C)(C)C#CC[Se]C#Cc1ccccc1. The molecule has 0 radical (unpaired) electrons. The Hall–Kier alpha value is -0.924. The molecule has 0 heterocycles. The normalized spacial score (nSPS) is 9.69. The third-order valence-electron chi connectivity index (χ3n) is 1.65. The van der Waals surface area contributed by atoms with Crippen LogP contribution in [0.5, 0.6) is 0 Å². The molecule has 0 atom stereocenters. The zero-order valence-electron chi connectivity index (χ0n) is 10.0. The van der Waals surface area contributed by atoms with Crippen LogP contribution in [0.1, 0.15) is 5.56 Å². The van der Waals surface area contributed by atoms with Crippen LogP contribution in [0.15, 0.2) is 30.3 Å². The van der Waals surface area contributed by atoms with E-state index in [4.69, 9.17) is 0 Å². The summed E-state index contributed by atoms with van der Waals surface area (Å²) < 4.78 is 0. The second-order valence-electron chi connectivity index (χ2n) is 4.43. The van der Waals surface area contributed by atoms with Gasteiger partial charge in [-0.15, -0.1) is 0 Å². The fourth-order valence-corrected chi connectivity index (χ4v) is 2.75. The van der Waals surface area contributed by atoms with Gasteiger partial charge < -0.3 is 0 Å². The predicted molar refractivity (Wildman–Crippen MR) is 75.0 cm³/mol. The van der Waals surface area contributed by atoms with Crippen LogP contribution in [0.25, 0.3) is 0 Å². The van der Waals surface area contributed by atoms with Gasteiger partial charge in [0.15, 0.2) is 0 Å². The molecule has 0 saturated heterocycles. The Balaban J connectivity index is 2.37. The molecular formula is C14H16SeSi. The fraction of sp³-hybridized carbons (Fsp3) is 0.286. The molecule has 0 aliphatic carbocycles. The molecule has 16 heavy (non-hydrogen) atoms. The Morgan fingerprint density at radius 1 is 1.12 bits per heavy atom.